The van der Waals surface area contributed by atoms with Crippen molar-refractivity contribution in [3.05, 3.63) is 41.7 Å². The molecule has 23 heavy (non-hydrogen) atoms. The lowest BCUT2D eigenvalue weighted by Gasteiger charge is -2.21. The normalized spacial score (nSPS) is 13.6. The second-order valence-electron chi connectivity index (χ2n) is 6.19. The van der Waals surface area contributed by atoms with Crippen LogP contribution in [0.4, 0.5) is 5.69 Å². The van der Waals surface area contributed by atoms with Crippen molar-refractivity contribution in [1.82, 2.24) is 0 Å². The Labute approximate surface area is 137 Å². The SMILES string of the molecule is CCC(C)(C)CC(=O)C(C=Nc1ccc(/C(C)=N/O)cc1)=CO. The first-order chi connectivity index (χ1) is 10.8. The van der Waals surface area contributed by atoms with Crippen molar-refractivity contribution in [2.24, 2.45) is 15.6 Å². The largest absolute Gasteiger partial charge is 0.515 e. The van der Waals surface area contributed by atoms with Gasteiger partial charge in [0.05, 0.1) is 23.2 Å². The molecular formula is C18H24N2O3. The molecular weight excluding hydrogens is 292 g/mol. The van der Waals surface area contributed by atoms with E-state index in [4.69, 9.17) is 5.21 Å². The van der Waals surface area contributed by atoms with Gasteiger partial charge in [0.1, 0.15) is 0 Å². The molecule has 124 valence electrons. The van der Waals surface area contributed by atoms with Crippen LogP contribution in [-0.4, -0.2) is 28.0 Å². The number of aliphatic hydroxyl groups excluding tert-OH is 1. The Morgan fingerprint density at radius 1 is 1.26 bits per heavy atom. The summed E-state index contributed by atoms with van der Waals surface area (Å²) in [5, 5.41) is 21.1. The highest BCUT2D eigenvalue weighted by Crippen LogP contribution is 2.26. The zero-order valence-corrected chi connectivity index (χ0v) is 14.1. The Morgan fingerprint density at radius 3 is 2.35 bits per heavy atom. The lowest BCUT2D eigenvalue weighted by atomic mass is 9.83. The number of rotatable bonds is 7. The minimum atomic E-state index is -0.136. The smallest absolute Gasteiger partial charge is 0.168 e. The van der Waals surface area contributed by atoms with E-state index in [1.807, 2.05) is 20.8 Å². The van der Waals surface area contributed by atoms with Crippen molar-refractivity contribution in [3.8, 4) is 0 Å². The predicted molar refractivity (Wildman–Crippen MR) is 93.0 cm³/mol. The van der Waals surface area contributed by atoms with Gasteiger partial charge in [-0.2, -0.15) is 0 Å². The number of Topliss-reactive ketones (excluding diaryl/α,β-unsaturated/α-hetero) is 1. The van der Waals surface area contributed by atoms with Crippen LogP contribution in [0.2, 0.25) is 0 Å². The van der Waals surface area contributed by atoms with Gasteiger partial charge in [-0.25, -0.2) is 0 Å². The summed E-state index contributed by atoms with van der Waals surface area (Å²) in [5.41, 5.74) is 2.01. The number of oxime groups is 1. The zero-order chi connectivity index (χ0) is 17.5. The number of aliphatic hydroxyl groups is 1. The maximum absolute atomic E-state index is 12.2. The maximum atomic E-state index is 12.2. The van der Waals surface area contributed by atoms with Gasteiger partial charge >= 0.3 is 0 Å². The molecule has 1 aromatic rings. The summed E-state index contributed by atoms with van der Waals surface area (Å²) in [6.45, 7) is 7.75. The average Bonchev–Trinajstić information content (AvgIpc) is 2.54. The summed E-state index contributed by atoms with van der Waals surface area (Å²) < 4.78 is 0. The molecule has 0 aromatic heterocycles. The molecule has 0 aliphatic carbocycles. The van der Waals surface area contributed by atoms with Crippen molar-refractivity contribution >= 4 is 23.4 Å². The van der Waals surface area contributed by atoms with Crippen LogP contribution < -0.4 is 0 Å². The first-order valence-corrected chi connectivity index (χ1v) is 7.53. The molecule has 1 aromatic carbocycles. The van der Waals surface area contributed by atoms with Crippen LogP contribution in [0.15, 0.2) is 46.2 Å². The van der Waals surface area contributed by atoms with Crippen LogP contribution >= 0.6 is 0 Å². The van der Waals surface area contributed by atoms with E-state index in [9.17, 15) is 9.90 Å². The van der Waals surface area contributed by atoms with Gasteiger partial charge in [-0.15, -0.1) is 0 Å². The second-order valence-corrected chi connectivity index (χ2v) is 6.19. The number of hydrogen-bond donors (Lipinski definition) is 2. The summed E-state index contributed by atoms with van der Waals surface area (Å²) in [5.74, 6) is -0.136. The van der Waals surface area contributed by atoms with Crippen molar-refractivity contribution in [2.75, 3.05) is 0 Å². The number of benzene rings is 1. The number of nitrogens with zero attached hydrogens (tertiary/aromatic N) is 2. The minimum absolute atomic E-state index is 0.109. The molecule has 0 aliphatic rings. The fraction of sp³-hybridized carbons (Fsp3) is 0.389. The van der Waals surface area contributed by atoms with E-state index >= 15 is 0 Å². The van der Waals surface area contributed by atoms with E-state index in [0.717, 1.165) is 18.2 Å². The van der Waals surface area contributed by atoms with E-state index in [1.54, 1.807) is 31.2 Å². The van der Waals surface area contributed by atoms with Gasteiger partial charge in [-0.05, 0) is 30.0 Å². The van der Waals surface area contributed by atoms with Crippen molar-refractivity contribution in [3.63, 3.8) is 0 Å². The number of hydrogen-bond acceptors (Lipinski definition) is 5. The quantitative estimate of drug-likeness (QED) is 0.257. The van der Waals surface area contributed by atoms with Crippen LogP contribution in [-0.2, 0) is 4.79 Å². The van der Waals surface area contributed by atoms with E-state index in [2.05, 4.69) is 10.1 Å². The number of carbonyl (C=O) groups is 1. The first-order valence-electron chi connectivity index (χ1n) is 7.53. The predicted octanol–water partition coefficient (Wildman–Crippen LogP) is 4.42. The third-order valence-corrected chi connectivity index (χ3v) is 3.85. The highest BCUT2D eigenvalue weighted by Gasteiger charge is 2.21. The number of carbonyl (C=O) groups excluding carboxylic acids is 1. The molecule has 2 N–H and O–H groups in total. The summed E-state index contributed by atoms with van der Waals surface area (Å²) in [4.78, 5) is 16.4. The molecule has 0 bridgehead atoms. The van der Waals surface area contributed by atoms with E-state index < -0.39 is 0 Å². The maximum Gasteiger partial charge on any atom is 0.168 e. The molecule has 0 fully saturated rings. The highest BCUT2D eigenvalue weighted by atomic mass is 16.4. The van der Waals surface area contributed by atoms with E-state index in [1.165, 1.54) is 6.21 Å². The average molecular weight is 316 g/mol. The Morgan fingerprint density at radius 2 is 1.87 bits per heavy atom. The van der Waals surface area contributed by atoms with E-state index in [0.29, 0.717) is 17.8 Å². The molecule has 0 saturated carbocycles. The van der Waals surface area contributed by atoms with Gasteiger partial charge in [0.25, 0.3) is 0 Å². The summed E-state index contributed by atoms with van der Waals surface area (Å²) in [7, 11) is 0. The Bertz CT molecular complexity index is 626. The lowest BCUT2D eigenvalue weighted by Crippen LogP contribution is -2.17. The molecule has 0 heterocycles. The molecule has 0 atom stereocenters. The molecule has 0 amide bonds. The third-order valence-electron chi connectivity index (χ3n) is 3.85. The lowest BCUT2D eigenvalue weighted by molar-refractivity contribution is -0.117. The van der Waals surface area contributed by atoms with Gasteiger partial charge in [-0.1, -0.05) is 44.5 Å². The van der Waals surface area contributed by atoms with Crippen LogP contribution in [0.25, 0.3) is 0 Å². The summed E-state index contributed by atoms with van der Waals surface area (Å²) >= 11 is 0. The van der Waals surface area contributed by atoms with Crippen molar-refractivity contribution in [1.29, 1.82) is 0 Å². The molecule has 1 rings (SSSR count). The number of ketones is 1. The highest BCUT2D eigenvalue weighted by molar-refractivity contribution is 6.13. The molecule has 5 heteroatoms. The van der Waals surface area contributed by atoms with Crippen LogP contribution in [0.3, 0.4) is 0 Å². The van der Waals surface area contributed by atoms with Gasteiger partial charge in [0.2, 0.25) is 0 Å². The molecule has 0 radical (unpaired) electrons. The summed E-state index contributed by atoms with van der Waals surface area (Å²) in [6, 6.07) is 7.03. The fourth-order valence-corrected chi connectivity index (χ4v) is 1.83. The third kappa shape index (κ3) is 5.70. The number of aliphatic imine (C=N–C) groups is 1. The van der Waals surface area contributed by atoms with Crippen molar-refractivity contribution in [2.45, 2.75) is 40.5 Å². The molecule has 0 aliphatic heterocycles. The molecule has 0 spiro atoms. The Hall–Kier alpha value is -2.43. The van der Waals surface area contributed by atoms with Gasteiger partial charge in [-0.3, -0.25) is 9.79 Å². The number of allylic oxidation sites excluding steroid dienone is 1. The fourth-order valence-electron chi connectivity index (χ4n) is 1.83. The van der Waals surface area contributed by atoms with Gasteiger partial charge in [0.15, 0.2) is 5.78 Å². The topological polar surface area (TPSA) is 82.2 Å². The zero-order valence-electron chi connectivity index (χ0n) is 14.1. The van der Waals surface area contributed by atoms with Gasteiger partial charge < -0.3 is 10.3 Å². The minimum Gasteiger partial charge on any atom is -0.515 e. The summed E-state index contributed by atoms with van der Waals surface area (Å²) in [6.07, 6.45) is 3.40. The van der Waals surface area contributed by atoms with Crippen LogP contribution in [0.5, 0.6) is 0 Å². The standard InChI is InChI=1S/C18H24N2O3/c1-5-18(3,4)10-17(22)15(12-21)11-19-16-8-6-14(7-9-16)13(2)20-23/h6-9,11-12,21,23H,5,10H2,1-4H3/b15-12?,19-11?,20-13+. The molecule has 0 unspecified atom stereocenters. The molecule has 0 saturated heterocycles. The van der Waals surface area contributed by atoms with Crippen LogP contribution in [0, 0.1) is 5.41 Å². The first kappa shape index (κ1) is 18.6. The van der Waals surface area contributed by atoms with Crippen molar-refractivity contribution < 1.29 is 15.1 Å². The second kappa shape index (κ2) is 8.27. The van der Waals surface area contributed by atoms with Crippen LogP contribution in [0.1, 0.15) is 46.1 Å². The van der Waals surface area contributed by atoms with E-state index in [-0.39, 0.29) is 16.8 Å². The van der Waals surface area contributed by atoms with Gasteiger partial charge in [0, 0.05) is 12.6 Å². The monoisotopic (exact) mass is 316 g/mol. The molecule has 5 nitrogen and oxygen atoms in total. The Kier molecular flexibility index (Phi) is 6.69. The Balaban J connectivity index is 2.83.